The van der Waals surface area contributed by atoms with Gasteiger partial charge >= 0.3 is 5.97 Å². The first-order valence-corrected chi connectivity index (χ1v) is 5.71. The Kier molecular flexibility index (Phi) is 3.04. The van der Waals surface area contributed by atoms with Gasteiger partial charge in [0.25, 0.3) is 0 Å². The van der Waals surface area contributed by atoms with Gasteiger partial charge in [-0.1, -0.05) is 12.2 Å². The van der Waals surface area contributed by atoms with Crippen LogP contribution >= 0.6 is 0 Å². The number of hydrogen-bond acceptors (Lipinski definition) is 4. The topological polar surface area (TPSA) is 66.8 Å². The van der Waals surface area contributed by atoms with E-state index in [2.05, 4.69) is 12.2 Å². The Morgan fingerprint density at radius 1 is 1.38 bits per heavy atom. The lowest BCUT2D eigenvalue weighted by molar-refractivity contribution is -0.173. The molecule has 2 aliphatic rings. The van der Waals surface area contributed by atoms with E-state index in [9.17, 15) is 4.79 Å². The quantitative estimate of drug-likeness (QED) is 0.540. The van der Waals surface area contributed by atoms with E-state index in [1.165, 1.54) is 6.92 Å². The van der Waals surface area contributed by atoms with Gasteiger partial charge in [-0.05, 0) is 31.6 Å². The van der Waals surface area contributed by atoms with Crippen molar-refractivity contribution >= 4 is 5.97 Å². The van der Waals surface area contributed by atoms with E-state index < -0.39 is 5.60 Å². The zero-order valence-corrected chi connectivity index (χ0v) is 9.43. The van der Waals surface area contributed by atoms with E-state index in [1.807, 2.05) is 0 Å². The highest BCUT2D eigenvalue weighted by Gasteiger charge is 2.42. The van der Waals surface area contributed by atoms with E-state index in [0.29, 0.717) is 11.8 Å². The van der Waals surface area contributed by atoms with Crippen LogP contribution in [0.1, 0.15) is 19.8 Å². The zero-order chi connectivity index (χ0) is 11.8. The lowest BCUT2D eigenvalue weighted by Crippen LogP contribution is -2.41. The van der Waals surface area contributed by atoms with E-state index >= 15 is 0 Å². The highest BCUT2D eigenvalue weighted by molar-refractivity contribution is 5.74. The molecule has 0 heterocycles. The summed E-state index contributed by atoms with van der Waals surface area (Å²) in [7, 11) is 0. The third-order valence-electron chi connectivity index (χ3n) is 3.60. The van der Waals surface area contributed by atoms with Gasteiger partial charge in [0.1, 0.15) is 0 Å². The molecule has 0 radical (unpaired) electrons. The summed E-state index contributed by atoms with van der Waals surface area (Å²) in [5.41, 5.74) is -1.15. The van der Waals surface area contributed by atoms with E-state index in [-0.39, 0.29) is 25.1 Å². The molecular formula is C12H18O4. The molecule has 2 aliphatic carbocycles. The van der Waals surface area contributed by atoms with Gasteiger partial charge in [-0.2, -0.15) is 0 Å². The lowest BCUT2D eigenvalue weighted by Gasteiger charge is -2.28. The first kappa shape index (κ1) is 11.6. The van der Waals surface area contributed by atoms with Gasteiger partial charge < -0.3 is 14.9 Å². The summed E-state index contributed by atoms with van der Waals surface area (Å²) in [5.74, 6) is 0.422. The molecule has 0 aliphatic heterocycles. The van der Waals surface area contributed by atoms with Crippen molar-refractivity contribution in [3.8, 4) is 0 Å². The minimum absolute atomic E-state index is 0.0903. The highest BCUT2D eigenvalue weighted by Crippen LogP contribution is 2.44. The second-order valence-electron chi connectivity index (χ2n) is 5.07. The fraction of sp³-hybridized carbons (Fsp3) is 0.750. The van der Waals surface area contributed by atoms with Crippen LogP contribution < -0.4 is 0 Å². The second-order valence-corrected chi connectivity index (χ2v) is 5.07. The van der Waals surface area contributed by atoms with Crippen molar-refractivity contribution in [1.29, 1.82) is 0 Å². The predicted octanol–water partition coefficient (Wildman–Crippen LogP) is 0.485. The molecule has 0 aromatic heterocycles. The van der Waals surface area contributed by atoms with Crippen LogP contribution in [-0.2, 0) is 9.53 Å². The normalized spacial score (nSPS) is 32.1. The van der Waals surface area contributed by atoms with Crippen LogP contribution in [0.3, 0.4) is 0 Å². The standard InChI is InChI=1S/C12H18O4/c1-12(6-13,7-14)16-11(15)10-5-8-2-3-9(10)4-8/h2-3,8-10,13-14H,4-7H2,1H3/t8-,9+,10-/m0/s1. The van der Waals surface area contributed by atoms with Crippen molar-refractivity contribution < 1.29 is 19.7 Å². The van der Waals surface area contributed by atoms with Crippen molar-refractivity contribution in [2.75, 3.05) is 13.2 Å². The van der Waals surface area contributed by atoms with Gasteiger partial charge in [0.05, 0.1) is 19.1 Å². The minimum atomic E-state index is -1.15. The lowest BCUT2D eigenvalue weighted by atomic mass is 9.93. The van der Waals surface area contributed by atoms with E-state index in [0.717, 1.165) is 12.8 Å². The molecule has 0 spiro atoms. The van der Waals surface area contributed by atoms with Crippen LogP contribution in [0.25, 0.3) is 0 Å². The van der Waals surface area contributed by atoms with Crippen LogP contribution in [0.5, 0.6) is 0 Å². The number of rotatable bonds is 4. The first-order chi connectivity index (χ1) is 7.58. The molecule has 0 aromatic rings. The highest BCUT2D eigenvalue weighted by atomic mass is 16.6. The number of esters is 1. The molecule has 0 unspecified atom stereocenters. The molecule has 1 saturated carbocycles. The first-order valence-electron chi connectivity index (χ1n) is 5.71. The summed E-state index contributed by atoms with van der Waals surface area (Å²) < 4.78 is 5.20. The molecular weight excluding hydrogens is 208 g/mol. The minimum Gasteiger partial charge on any atom is -0.454 e. The van der Waals surface area contributed by atoms with Crippen LogP contribution in [0.2, 0.25) is 0 Å². The molecule has 16 heavy (non-hydrogen) atoms. The Morgan fingerprint density at radius 2 is 2.06 bits per heavy atom. The summed E-state index contributed by atoms with van der Waals surface area (Å²) in [5, 5.41) is 18.1. The molecule has 0 aromatic carbocycles. The number of aliphatic hydroxyl groups excluding tert-OH is 2. The van der Waals surface area contributed by atoms with Gasteiger partial charge in [-0.3, -0.25) is 4.79 Å². The summed E-state index contributed by atoms with van der Waals surface area (Å²) in [6.45, 7) is 0.825. The van der Waals surface area contributed by atoms with Gasteiger partial charge in [0, 0.05) is 0 Å². The van der Waals surface area contributed by atoms with Crippen LogP contribution in [0.15, 0.2) is 12.2 Å². The maximum absolute atomic E-state index is 11.9. The van der Waals surface area contributed by atoms with Gasteiger partial charge in [0.15, 0.2) is 5.60 Å². The number of fused-ring (bicyclic) bond motifs is 2. The number of ether oxygens (including phenoxy) is 1. The van der Waals surface area contributed by atoms with Crippen molar-refractivity contribution in [1.82, 2.24) is 0 Å². The number of hydrogen-bond donors (Lipinski definition) is 2. The van der Waals surface area contributed by atoms with Crippen molar-refractivity contribution in [2.45, 2.75) is 25.4 Å². The predicted molar refractivity (Wildman–Crippen MR) is 57.5 cm³/mol. The van der Waals surface area contributed by atoms with Crippen molar-refractivity contribution in [3.63, 3.8) is 0 Å². The molecule has 2 bridgehead atoms. The molecule has 0 amide bonds. The summed E-state index contributed by atoms with van der Waals surface area (Å²) in [4.78, 5) is 11.9. The van der Waals surface area contributed by atoms with E-state index in [1.54, 1.807) is 0 Å². The molecule has 2 rings (SSSR count). The molecule has 2 N–H and O–H groups in total. The maximum atomic E-state index is 11.9. The van der Waals surface area contributed by atoms with E-state index in [4.69, 9.17) is 14.9 Å². The zero-order valence-electron chi connectivity index (χ0n) is 9.43. The molecule has 0 saturated heterocycles. The Bertz CT molecular complexity index is 306. The second kappa shape index (κ2) is 4.18. The molecule has 4 heteroatoms. The average Bonchev–Trinajstić information content (AvgIpc) is 2.90. The molecule has 90 valence electrons. The summed E-state index contributed by atoms with van der Waals surface area (Å²) in [6, 6.07) is 0. The smallest absolute Gasteiger partial charge is 0.310 e. The van der Waals surface area contributed by atoms with Gasteiger partial charge in [0.2, 0.25) is 0 Å². The number of allylic oxidation sites excluding steroid dienone is 2. The fourth-order valence-corrected chi connectivity index (χ4v) is 2.48. The SMILES string of the molecule is CC(CO)(CO)OC(=O)[C@H]1C[C@H]2C=C[C@@H]1C2. The average molecular weight is 226 g/mol. The third-order valence-corrected chi connectivity index (χ3v) is 3.60. The number of carbonyl (C=O) groups excluding carboxylic acids is 1. The van der Waals surface area contributed by atoms with Crippen molar-refractivity contribution in [2.24, 2.45) is 17.8 Å². The summed E-state index contributed by atoms with van der Waals surface area (Å²) in [6.07, 6.45) is 6.11. The Morgan fingerprint density at radius 3 is 2.50 bits per heavy atom. The van der Waals surface area contributed by atoms with Gasteiger partial charge in [-0.15, -0.1) is 0 Å². The summed E-state index contributed by atoms with van der Waals surface area (Å²) >= 11 is 0. The fourth-order valence-electron chi connectivity index (χ4n) is 2.48. The van der Waals surface area contributed by atoms with Crippen molar-refractivity contribution in [3.05, 3.63) is 12.2 Å². The van der Waals surface area contributed by atoms with Crippen LogP contribution in [0, 0.1) is 17.8 Å². The number of aliphatic hydroxyl groups is 2. The molecule has 4 nitrogen and oxygen atoms in total. The van der Waals surface area contributed by atoms with Gasteiger partial charge in [-0.25, -0.2) is 0 Å². The Balaban J connectivity index is 1.96. The monoisotopic (exact) mass is 226 g/mol. The Labute approximate surface area is 94.9 Å². The molecule has 3 atom stereocenters. The van der Waals surface area contributed by atoms with Crippen LogP contribution in [-0.4, -0.2) is 35.0 Å². The third kappa shape index (κ3) is 1.99. The largest absolute Gasteiger partial charge is 0.454 e. The van der Waals surface area contributed by atoms with Crippen LogP contribution in [0.4, 0.5) is 0 Å². The number of carbonyl (C=O) groups is 1. The molecule has 1 fully saturated rings. The maximum Gasteiger partial charge on any atom is 0.310 e. The Hall–Kier alpha value is -0.870.